The van der Waals surface area contributed by atoms with E-state index in [1.165, 1.54) is 10.9 Å². The maximum Gasteiger partial charge on any atom is 0.303 e. The smallest absolute Gasteiger partial charge is 0.303 e. The molecule has 1 aliphatic heterocycles. The molecule has 0 aliphatic carbocycles. The molecule has 0 amide bonds. The molecule has 7 N–H and O–H groups in total. The minimum absolute atomic E-state index is 0.0178. The number of nitrogens with zero attached hydrogens (tertiary/aromatic N) is 4. The molecule has 1 aliphatic rings. The summed E-state index contributed by atoms with van der Waals surface area (Å²) in [5.74, 6) is -0.588. The van der Waals surface area contributed by atoms with Crippen molar-refractivity contribution >= 4 is 34.6 Å². The fourth-order valence-corrected chi connectivity index (χ4v) is 3.87. The summed E-state index contributed by atoms with van der Waals surface area (Å²) >= 11 is 0. The summed E-state index contributed by atoms with van der Waals surface area (Å²) in [5, 5.41) is 41.9. The van der Waals surface area contributed by atoms with E-state index in [4.69, 9.17) is 15.6 Å². The van der Waals surface area contributed by atoms with Crippen LogP contribution in [0, 0.1) is 0 Å². The van der Waals surface area contributed by atoms with Crippen LogP contribution in [0.25, 0.3) is 11.2 Å². The van der Waals surface area contributed by atoms with Crippen molar-refractivity contribution in [2.75, 3.05) is 17.7 Å². The van der Waals surface area contributed by atoms with E-state index < -0.39 is 37.1 Å². The van der Waals surface area contributed by atoms with Gasteiger partial charge in [0.15, 0.2) is 17.7 Å². The minimum atomic E-state index is -1.30. The molecule has 1 fully saturated rings. The first-order valence-corrected chi connectivity index (χ1v) is 10.6. The van der Waals surface area contributed by atoms with Crippen LogP contribution >= 0.6 is 0 Å². The third kappa shape index (κ3) is 4.46. The molecule has 0 unspecified atom stereocenters. The lowest BCUT2D eigenvalue weighted by molar-refractivity contribution is -0.136. The Balaban J connectivity index is 1.68. The van der Waals surface area contributed by atoms with E-state index in [-0.39, 0.29) is 23.8 Å². The topological polar surface area (TPSA) is 189 Å². The van der Waals surface area contributed by atoms with Crippen molar-refractivity contribution in [3.05, 3.63) is 35.7 Å². The van der Waals surface area contributed by atoms with Gasteiger partial charge in [-0.2, -0.15) is 9.97 Å². The maximum atomic E-state index is 10.9. The molecule has 0 bridgehead atoms. The Morgan fingerprint density at radius 1 is 1.27 bits per heavy atom. The number of nitrogens with two attached hydrogens (primary N) is 1. The van der Waals surface area contributed by atoms with Crippen molar-refractivity contribution < 1.29 is 30.0 Å². The monoisotopic (exact) mass is 458 g/mol. The summed E-state index contributed by atoms with van der Waals surface area (Å²) < 4.78 is 7.02. The number of aryl methyl sites for hydroxylation is 2. The van der Waals surface area contributed by atoms with E-state index in [9.17, 15) is 20.1 Å². The predicted molar refractivity (Wildman–Crippen MR) is 118 cm³/mol. The van der Waals surface area contributed by atoms with Crippen LogP contribution in [0.15, 0.2) is 24.5 Å². The zero-order chi connectivity index (χ0) is 23.7. The molecule has 2 aromatic heterocycles. The van der Waals surface area contributed by atoms with Gasteiger partial charge in [0.2, 0.25) is 5.95 Å². The number of ether oxygens (including phenoxy) is 1. The summed E-state index contributed by atoms with van der Waals surface area (Å²) in [7, 11) is 0. The maximum absolute atomic E-state index is 10.9. The van der Waals surface area contributed by atoms with Crippen molar-refractivity contribution in [2.45, 2.75) is 50.7 Å². The number of anilines is 3. The number of hydrogen-bond acceptors (Lipinski definition) is 10. The van der Waals surface area contributed by atoms with E-state index in [2.05, 4.69) is 20.3 Å². The first-order valence-electron chi connectivity index (χ1n) is 10.6. The van der Waals surface area contributed by atoms with Gasteiger partial charge in [-0.25, -0.2) is 4.98 Å². The number of nitrogens with one attached hydrogen (secondary N) is 1. The van der Waals surface area contributed by atoms with E-state index >= 15 is 0 Å². The molecule has 0 radical (unpaired) electrons. The minimum Gasteiger partial charge on any atom is -0.481 e. The quantitative estimate of drug-likeness (QED) is 0.273. The van der Waals surface area contributed by atoms with E-state index in [1.54, 1.807) is 0 Å². The highest BCUT2D eigenvalue weighted by Gasteiger charge is 2.44. The molecule has 176 valence electrons. The fraction of sp³-hybridized carbons (Fsp3) is 0.429. The zero-order valence-corrected chi connectivity index (χ0v) is 17.9. The lowest BCUT2D eigenvalue weighted by atomic mass is 10.0. The number of imidazole rings is 1. The van der Waals surface area contributed by atoms with Crippen LogP contribution in [0.2, 0.25) is 0 Å². The van der Waals surface area contributed by atoms with Crippen LogP contribution < -0.4 is 11.1 Å². The van der Waals surface area contributed by atoms with Crippen molar-refractivity contribution in [2.24, 2.45) is 0 Å². The van der Waals surface area contributed by atoms with E-state index in [0.29, 0.717) is 11.9 Å². The van der Waals surface area contributed by atoms with Gasteiger partial charge in [-0.3, -0.25) is 9.36 Å². The average Bonchev–Trinajstić information content (AvgIpc) is 3.33. The molecule has 0 saturated carbocycles. The third-order valence-corrected chi connectivity index (χ3v) is 5.67. The highest BCUT2D eigenvalue weighted by molar-refractivity contribution is 5.83. The van der Waals surface area contributed by atoms with Crippen LogP contribution in [0.3, 0.4) is 0 Å². The van der Waals surface area contributed by atoms with Crippen LogP contribution in [0.5, 0.6) is 0 Å². The van der Waals surface area contributed by atoms with Gasteiger partial charge in [-0.15, -0.1) is 0 Å². The molecular formula is C21H26N6O6. The SMILES string of the molecule is CCc1ccc(CCC(=O)O)cc1Nc1nc(N)c2ncn([C@@H]3O[C@H](CO)[C@@H](O)[C@H]3O)c2n1. The Bertz CT molecular complexity index is 1170. The Morgan fingerprint density at radius 2 is 2.06 bits per heavy atom. The number of fused-ring (bicyclic) bond motifs is 1. The highest BCUT2D eigenvalue weighted by atomic mass is 16.6. The van der Waals surface area contributed by atoms with E-state index in [0.717, 1.165) is 23.2 Å². The standard InChI is InChI=1S/C21H26N6O6/c1-2-11-5-3-10(4-6-14(29)30)7-12(11)24-21-25-18(22)15-19(26-21)27(9-23-15)20-17(32)16(31)13(8-28)33-20/h3,5,7,9,13,16-17,20,28,31-32H,2,4,6,8H2,1H3,(H,29,30)(H3,22,24,25,26)/t13-,16-,17-,20-/m1/s1. The van der Waals surface area contributed by atoms with Crippen LogP contribution in [0.4, 0.5) is 17.5 Å². The molecule has 12 heteroatoms. The number of rotatable bonds is 8. The van der Waals surface area contributed by atoms with Crippen molar-refractivity contribution in [3.63, 3.8) is 0 Å². The second-order valence-electron chi connectivity index (χ2n) is 7.85. The summed E-state index contributed by atoms with van der Waals surface area (Å²) in [6.07, 6.45) is -2.03. The normalized spacial score (nSPS) is 22.7. The second-order valence-corrected chi connectivity index (χ2v) is 7.85. The molecule has 4 atom stereocenters. The fourth-order valence-electron chi connectivity index (χ4n) is 3.87. The molecule has 4 rings (SSSR count). The van der Waals surface area contributed by atoms with Crippen LogP contribution in [-0.2, 0) is 22.4 Å². The van der Waals surface area contributed by atoms with Gasteiger partial charge in [0, 0.05) is 12.1 Å². The average molecular weight is 458 g/mol. The Kier molecular flexibility index (Phi) is 6.42. The number of carboxylic acids is 1. The van der Waals surface area contributed by atoms with Crippen LogP contribution in [-0.4, -0.2) is 70.8 Å². The van der Waals surface area contributed by atoms with Gasteiger partial charge in [0.05, 0.1) is 12.9 Å². The van der Waals surface area contributed by atoms with Gasteiger partial charge in [-0.1, -0.05) is 19.1 Å². The molecular weight excluding hydrogens is 432 g/mol. The van der Waals surface area contributed by atoms with Crippen molar-refractivity contribution in [1.82, 2.24) is 19.5 Å². The molecule has 3 aromatic rings. The van der Waals surface area contributed by atoms with Gasteiger partial charge >= 0.3 is 5.97 Å². The first kappa shape index (κ1) is 22.9. The molecule has 12 nitrogen and oxygen atoms in total. The Morgan fingerprint density at radius 3 is 2.73 bits per heavy atom. The van der Waals surface area contributed by atoms with Crippen LogP contribution in [0.1, 0.15) is 30.7 Å². The number of aromatic nitrogens is 4. The van der Waals surface area contributed by atoms with E-state index in [1.807, 2.05) is 25.1 Å². The lowest BCUT2D eigenvalue weighted by Crippen LogP contribution is -2.33. The second kappa shape index (κ2) is 9.27. The lowest BCUT2D eigenvalue weighted by Gasteiger charge is -2.17. The number of carboxylic acid groups (broad SMARTS) is 1. The number of benzene rings is 1. The largest absolute Gasteiger partial charge is 0.481 e. The number of nitrogen functional groups attached to an aromatic ring is 1. The number of hydrogen-bond donors (Lipinski definition) is 6. The Hall–Kier alpha value is -3.32. The third-order valence-electron chi connectivity index (χ3n) is 5.67. The zero-order valence-electron chi connectivity index (χ0n) is 17.9. The molecule has 3 heterocycles. The molecule has 1 saturated heterocycles. The highest BCUT2D eigenvalue weighted by Crippen LogP contribution is 2.32. The number of carbonyl (C=O) groups is 1. The Labute approximate surface area is 188 Å². The number of aliphatic hydroxyl groups excluding tert-OH is 3. The predicted octanol–water partition coefficient (Wildman–Crippen LogP) is 0.343. The molecule has 0 spiro atoms. The number of aliphatic carboxylic acids is 1. The molecule has 33 heavy (non-hydrogen) atoms. The summed E-state index contributed by atoms with van der Waals surface area (Å²) in [5.41, 5.74) is 9.22. The summed E-state index contributed by atoms with van der Waals surface area (Å²) in [6, 6.07) is 5.67. The van der Waals surface area contributed by atoms with Gasteiger partial charge in [0.1, 0.15) is 23.8 Å². The first-order chi connectivity index (χ1) is 15.8. The summed E-state index contributed by atoms with van der Waals surface area (Å²) in [4.78, 5) is 23.9. The van der Waals surface area contributed by atoms with Gasteiger partial charge < -0.3 is 36.2 Å². The van der Waals surface area contributed by atoms with Gasteiger partial charge in [0.25, 0.3) is 0 Å². The molecule has 1 aromatic carbocycles. The number of aliphatic hydroxyl groups is 3. The summed E-state index contributed by atoms with van der Waals surface area (Å²) in [6.45, 7) is 1.54. The van der Waals surface area contributed by atoms with Crippen molar-refractivity contribution in [3.8, 4) is 0 Å². The van der Waals surface area contributed by atoms with Crippen molar-refractivity contribution in [1.29, 1.82) is 0 Å². The van der Waals surface area contributed by atoms with Gasteiger partial charge in [-0.05, 0) is 30.0 Å².